The van der Waals surface area contributed by atoms with E-state index in [2.05, 4.69) is 19.1 Å². The highest BCUT2D eigenvalue weighted by Gasteiger charge is 2.38. The van der Waals surface area contributed by atoms with Crippen molar-refractivity contribution in [3.8, 4) is 0 Å². The quantitative estimate of drug-likeness (QED) is 0.0562. The van der Waals surface area contributed by atoms with Gasteiger partial charge in [0.05, 0.1) is 31.0 Å². The van der Waals surface area contributed by atoms with Crippen molar-refractivity contribution in [3.05, 3.63) is 48.6 Å². The van der Waals surface area contributed by atoms with Gasteiger partial charge in [-0.05, 0) is 104 Å². The molecule has 416 valence electrons. The molecule has 0 radical (unpaired) electrons. The van der Waals surface area contributed by atoms with Gasteiger partial charge in [0.2, 0.25) is 0 Å². The fraction of sp³-hybridized carbons (Fsp3) is 0.786. The summed E-state index contributed by atoms with van der Waals surface area (Å²) in [7, 11) is 12.0. The van der Waals surface area contributed by atoms with Crippen LogP contribution in [0.3, 0.4) is 0 Å². The number of methoxy groups -OCH3 is 3. The van der Waals surface area contributed by atoms with Gasteiger partial charge in [0.25, 0.3) is 0 Å². The molecule has 0 fully saturated rings. The van der Waals surface area contributed by atoms with Crippen molar-refractivity contribution in [3.63, 3.8) is 0 Å². The van der Waals surface area contributed by atoms with Crippen molar-refractivity contribution in [1.29, 1.82) is 0 Å². The number of hydrogen-bond donors (Lipinski definition) is 3. The average molecular weight is 1020 g/mol. The molecule has 0 saturated heterocycles. The Labute approximate surface area is 433 Å². The van der Waals surface area contributed by atoms with Gasteiger partial charge in [-0.3, -0.25) is 24.2 Å². The van der Waals surface area contributed by atoms with Crippen LogP contribution in [0.15, 0.2) is 48.6 Å². The predicted octanol–water partition coefficient (Wildman–Crippen LogP) is 7.13. The third kappa shape index (κ3) is 24.2. The normalized spacial score (nSPS) is 29.1. The molecule has 17 atom stereocenters. The minimum atomic E-state index is -0.950. The van der Waals surface area contributed by atoms with Gasteiger partial charge in [-0.1, -0.05) is 91.0 Å². The van der Waals surface area contributed by atoms with Crippen LogP contribution in [0.25, 0.3) is 0 Å². The highest BCUT2D eigenvalue weighted by molar-refractivity contribution is 5.82. The van der Waals surface area contributed by atoms with E-state index >= 15 is 0 Å². The maximum absolute atomic E-state index is 13.6. The highest BCUT2D eigenvalue weighted by Crippen LogP contribution is 2.32. The first kappa shape index (κ1) is 66.5. The summed E-state index contributed by atoms with van der Waals surface area (Å²) in [4.78, 5) is 56.2. The van der Waals surface area contributed by atoms with E-state index in [1.807, 2.05) is 53.7 Å². The summed E-state index contributed by atoms with van der Waals surface area (Å²) in [5.41, 5.74) is 0. The Morgan fingerprint density at radius 3 is 2.01 bits per heavy atom. The minimum Gasteiger partial charge on any atom is -0.462 e. The van der Waals surface area contributed by atoms with E-state index in [0.29, 0.717) is 38.5 Å². The standard InChI is InChI=1S/C56H98N2O14/c1-36-22-20-23-45(67-15)30-28-37(2)52(62)41(6)49(72-56(65)47(35-66-14)58(12)13)25-18-17-19-27-51(61)70-48(26-21-24-46(34-36)68-16)40(5)53(63)38(3)29-31-50(71-55(64)43(8)57(10)11)42(7)54(69-44(9)60)39(4)32-33-59/h17-21,23-24,27,36-43,45-50,52-54,59,62-63H,22,25-26,28-35H2,1-16H3/b18-17+,23-20+,24-21+,27-19+/t36-,37-,38+,39-,40-,41-,42+,43?,45-,46+,47?,48+,49-,50-,52-,53+,54-/m1/s1. The largest absolute Gasteiger partial charge is 0.462 e. The van der Waals surface area contributed by atoms with Gasteiger partial charge in [-0.15, -0.1) is 0 Å². The van der Waals surface area contributed by atoms with Gasteiger partial charge in [0.15, 0.2) is 0 Å². The number of rotatable bonds is 22. The molecule has 0 bridgehead atoms. The Morgan fingerprint density at radius 1 is 0.792 bits per heavy atom. The van der Waals surface area contributed by atoms with Gasteiger partial charge >= 0.3 is 23.9 Å². The number of allylic oxidation sites excluding steroid dienone is 3. The lowest BCUT2D eigenvalue weighted by Crippen LogP contribution is -2.44. The number of likely N-dealkylation sites (N-methyl/N-ethyl adjacent to an activating group) is 2. The molecule has 0 spiro atoms. The number of nitrogens with zero attached hydrogens (tertiary/aromatic N) is 2. The number of ether oxygens (including phenoxy) is 7. The molecule has 0 aromatic heterocycles. The lowest BCUT2D eigenvalue weighted by atomic mass is 9.82. The lowest BCUT2D eigenvalue weighted by molar-refractivity contribution is -0.167. The van der Waals surface area contributed by atoms with Crippen molar-refractivity contribution in [2.24, 2.45) is 41.4 Å². The van der Waals surface area contributed by atoms with Gasteiger partial charge in [-0.25, -0.2) is 4.79 Å². The van der Waals surface area contributed by atoms with Crippen LogP contribution in [0, 0.1) is 41.4 Å². The second-order valence-electron chi connectivity index (χ2n) is 21.0. The molecule has 0 saturated carbocycles. The molecule has 2 unspecified atom stereocenters. The SMILES string of the molecule is COCC(C(=O)O[C@@H]1C/C=C/C=C/C(=O)O[C@H]([C@@H](C)[C@@H](O)[C@@H](C)CC[C@@H](OC(=O)C(C)N(C)C)[C@H](C)[C@H](OC(C)=O)[C@H](C)CCO)C/C=C/[C@H](OC)C[C@H](C)C/C=C/[C@@H](OC)CC[C@@H](C)[C@@H](O)[C@@H]1C)N(C)C. The molecular weight excluding hydrogens is 925 g/mol. The third-order valence-corrected chi connectivity index (χ3v) is 14.6. The molecule has 16 nitrogen and oxygen atoms in total. The maximum atomic E-state index is 13.6. The number of carbonyl (C=O) groups is 4. The summed E-state index contributed by atoms with van der Waals surface area (Å²) in [6.07, 6.45) is 14.1. The van der Waals surface area contributed by atoms with Gasteiger partial charge < -0.3 is 48.5 Å². The summed E-state index contributed by atoms with van der Waals surface area (Å²) in [5.74, 6) is -3.87. The molecule has 0 amide bonds. The van der Waals surface area contributed by atoms with E-state index < -0.39 is 90.3 Å². The molecule has 1 aliphatic rings. The number of aliphatic hydroxyl groups excluding tert-OH is 3. The summed E-state index contributed by atoms with van der Waals surface area (Å²) < 4.78 is 41.1. The minimum absolute atomic E-state index is 0.0990. The summed E-state index contributed by atoms with van der Waals surface area (Å²) >= 11 is 0. The van der Waals surface area contributed by atoms with Crippen LogP contribution < -0.4 is 0 Å². The summed E-state index contributed by atoms with van der Waals surface area (Å²) in [6.45, 7) is 16.6. The maximum Gasteiger partial charge on any atom is 0.331 e. The predicted molar refractivity (Wildman–Crippen MR) is 281 cm³/mol. The average Bonchev–Trinajstić information content (AvgIpc) is 3.33. The topological polar surface area (TPSA) is 200 Å². The van der Waals surface area contributed by atoms with Crippen LogP contribution in [0.5, 0.6) is 0 Å². The Hall–Kier alpha value is -3.48. The van der Waals surface area contributed by atoms with Gasteiger partial charge in [-0.2, -0.15) is 0 Å². The van der Waals surface area contributed by atoms with Crippen LogP contribution >= 0.6 is 0 Å². The van der Waals surface area contributed by atoms with Crippen LogP contribution in [0.2, 0.25) is 0 Å². The molecule has 72 heavy (non-hydrogen) atoms. The fourth-order valence-electron chi connectivity index (χ4n) is 9.11. The highest BCUT2D eigenvalue weighted by atomic mass is 16.6. The molecular formula is C56H98N2O14. The molecule has 1 heterocycles. The van der Waals surface area contributed by atoms with E-state index in [-0.39, 0.29) is 55.5 Å². The van der Waals surface area contributed by atoms with Crippen molar-refractivity contribution < 1.29 is 67.7 Å². The van der Waals surface area contributed by atoms with E-state index in [1.54, 1.807) is 77.4 Å². The lowest BCUT2D eigenvalue weighted by Gasteiger charge is -2.36. The Bertz CT molecular complexity index is 1670. The van der Waals surface area contributed by atoms with Crippen LogP contribution in [-0.2, 0) is 52.3 Å². The second-order valence-corrected chi connectivity index (χ2v) is 21.0. The molecule has 1 aliphatic heterocycles. The van der Waals surface area contributed by atoms with E-state index in [4.69, 9.17) is 33.2 Å². The first-order chi connectivity index (χ1) is 33.9. The van der Waals surface area contributed by atoms with Crippen molar-refractivity contribution in [2.75, 3.05) is 62.7 Å². The number of hydrogen-bond acceptors (Lipinski definition) is 16. The fourth-order valence-corrected chi connectivity index (χ4v) is 9.11. The molecule has 0 aromatic rings. The zero-order valence-corrected chi connectivity index (χ0v) is 46.9. The summed E-state index contributed by atoms with van der Waals surface area (Å²) in [6, 6.07) is -1.19. The monoisotopic (exact) mass is 1020 g/mol. The molecule has 0 aliphatic carbocycles. The van der Waals surface area contributed by atoms with Crippen LogP contribution in [0.4, 0.5) is 0 Å². The molecule has 0 aromatic carbocycles. The number of aliphatic hydroxyl groups is 3. The Kier molecular flexibility index (Phi) is 33.0. The number of cyclic esters (lactones) is 1. The second kappa shape index (κ2) is 35.7. The van der Waals surface area contributed by atoms with E-state index in [0.717, 1.165) is 12.8 Å². The Morgan fingerprint density at radius 2 is 1.43 bits per heavy atom. The zero-order chi connectivity index (χ0) is 54.7. The zero-order valence-electron chi connectivity index (χ0n) is 46.9. The first-order valence-electron chi connectivity index (χ1n) is 26.2. The van der Waals surface area contributed by atoms with Crippen molar-refractivity contribution in [1.82, 2.24) is 9.80 Å². The smallest absolute Gasteiger partial charge is 0.331 e. The third-order valence-electron chi connectivity index (χ3n) is 14.6. The molecule has 1 rings (SSSR count). The summed E-state index contributed by atoms with van der Waals surface area (Å²) in [5, 5.41) is 33.4. The first-order valence-corrected chi connectivity index (χ1v) is 26.2. The van der Waals surface area contributed by atoms with Crippen molar-refractivity contribution >= 4 is 23.9 Å². The molecule has 16 heteroatoms. The van der Waals surface area contributed by atoms with Gasteiger partial charge in [0.1, 0.15) is 36.5 Å². The number of carbonyl (C=O) groups excluding carboxylic acids is 4. The van der Waals surface area contributed by atoms with E-state index in [1.165, 1.54) is 20.1 Å². The Balaban J connectivity index is 3.61. The van der Waals surface area contributed by atoms with E-state index in [9.17, 15) is 34.5 Å². The van der Waals surface area contributed by atoms with Crippen molar-refractivity contribution in [2.45, 2.75) is 181 Å². The number of esters is 4. The van der Waals surface area contributed by atoms with Crippen LogP contribution in [0.1, 0.15) is 120 Å². The van der Waals surface area contributed by atoms with Crippen LogP contribution in [-0.4, -0.2) is 173 Å². The molecule has 3 N–H and O–H groups in total. The van der Waals surface area contributed by atoms with Gasteiger partial charge in [0, 0.05) is 71.5 Å².